The molecule has 108 valence electrons. The molecule has 4 nitrogen and oxygen atoms in total. The van der Waals surface area contributed by atoms with Crippen LogP contribution in [0.2, 0.25) is 0 Å². The van der Waals surface area contributed by atoms with Gasteiger partial charge in [-0.05, 0) is 49.4 Å². The molecule has 0 bridgehead atoms. The van der Waals surface area contributed by atoms with Crippen molar-refractivity contribution in [1.82, 2.24) is 4.90 Å². The molecule has 1 aliphatic rings. The highest BCUT2D eigenvalue weighted by Crippen LogP contribution is 2.25. The molecule has 1 saturated heterocycles. The van der Waals surface area contributed by atoms with Gasteiger partial charge in [-0.25, -0.2) is 9.18 Å². The SMILES string of the molecule is Cc1cc(C(=O)N2CCC(C)CC2C(=O)O)ccc1F. The number of halogens is 1. The molecule has 0 radical (unpaired) electrons. The summed E-state index contributed by atoms with van der Waals surface area (Å²) in [5.74, 6) is -1.41. The van der Waals surface area contributed by atoms with Gasteiger partial charge in [-0.2, -0.15) is 0 Å². The van der Waals surface area contributed by atoms with Crippen molar-refractivity contribution in [3.05, 3.63) is 35.1 Å². The minimum Gasteiger partial charge on any atom is -0.480 e. The number of likely N-dealkylation sites (tertiary alicyclic amines) is 1. The molecule has 2 rings (SSSR count). The summed E-state index contributed by atoms with van der Waals surface area (Å²) in [6.45, 7) is 3.99. The van der Waals surface area contributed by atoms with Crippen molar-refractivity contribution >= 4 is 11.9 Å². The molecule has 5 heteroatoms. The van der Waals surface area contributed by atoms with E-state index >= 15 is 0 Å². The molecule has 1 aromatic rings. The van der Waals surface area contributed by atoms with E-state index < -0.39 is 12.0 Å². The summed E-state index contributed by atoms with van der Waals surface area (Å²) in [4.78, 5) is 25.1. The van der Waals surface area contributed by atoms with Gasteiger partial charge in [0.1, 0.15) is 11.9 Å². The number of amides is 1. The number of carboxylic acid groups (broad SMARTS) is 1. The maximum Gasteiger partial charge on any atom is 0.326 e. The fourth-order valence-electron chi connectivity index (χ4n) is 2.56. The Kier molecular flexibility index (Phi) is 4.06. The van der Waals surface area contributed by atoms with Gasteiger partial charge >= 0.3 is 5.97 Å². The van der Waals surface area contributed by atoms with Crippen LogP contribution in [0.1, 0.15) is 35.7 Å². The summed E-state index contributed by atoms with van der Waals surface area (Å²) in [7, 11) is 0. The first-order chi connectivity index (χ1) is 9.40. The summed E-state index contributed by atoms with van der Waals surface area (Å²) >= 11 is 0. The summed E-state index contributed by atoms with van der Waals surface area (Å²) in [6.07, 6.45) is 1.25. The Bertz CT molecular complexity index is 544. The van der Waals surface area contributed by atoms with E-state index in [0.717, 1.165) is 6.42 Å². The van der Waals surface area contributed by atoms with Crippen LogP contribution in [0.5, 0.6) is 0 Å². The van der Waals surface area contributed by atoms with Crippen molar-refractivity contribution < 1.29 is 19.1 Å². The zero-order valence-electron chi connectivity index (χ0n) is 11.6. The Morgan fingerprint density at radius 1 is 1.40 bits per heavy atom. The average Bonchev–Trinajstić information content (AvgIpc) is 2.41. The molecule has 2 unspecified atom stereocenters. The summed E-state index contributed by atoms with van der Waals surface area (Å²) in [5.41, 5.74) is 0.720. The number of aliphatic carboxylic acids is 1. The monoisotopic (exact) mass is 279 g/mol. The fourth-order valence-corrected chi connectivity index (χ4v) is 2.56. The van der Waals surface area contributed by atoms with Gasteiger partial charge in [-0.15, -0.1) is 0 Å². The summed E-state index contributed by atoms with van der Waals surface area (Å²) in [6, 6.07) is 3.32. The van der Waals surface area contributed by atoms with Gasteiger partial charge in [0.15, 0.2) is 0 Å². The minimum atomic E-state index is -0.983. The lowest BCUT2D eigenvalue weighted by atomic mass is 9.91. The number of nitrogens with zero attached hydrogens (tertiary/aromatic N) is 1. The molecule has 1 aromatic carbocycles. The van der Waals surface area contributed by atoms with Gasteiger partial charge in [0.05, 0.1) is 0 Å². The fraction of sp³-hybridized carbons (Fsp3) is 0.467. The van der Waals surface area contributed by atoms with Crippen LogP contribution in [0.25, 0.3) is 0 Å². The van der Waals surface area contributed by atoms with Crippen LogP contribution in [0, 0.1) is 18.7 Å². The van der Waals surface area contributed by atoms with E-state index in [-0.39, 0.29) is 17.6 Å². The van der Waals surface area contributed by atoms with Gasteiger partial charge in [0.25, 0.3) is 5.91 Å². The number of hydrogen-bond donors (Lipinski definition) is 1. The number of rotatable bonds is 2. The Labute approximate surface area is 117 Å². The molecule has 0 spiro atoms. The molecule has 2 atom stereocenters. The Hall–Kier alpha value is -1.91. The number of carbonyl (C=O) groups excluding carboxylic acids is 1. The lowest BCUT2D eigenvalue weighted by Crippen LogP contribution is -2.49. The van der Waals surface area contributed by atoms with E-state index in [4.69, 9.17) is 0 Å². The second-order valence-corrected chi connectivity index (χ2v) is 5.45. The molecule has 1 amide bonds. The number of piperidine rings is 1. The van der Waals surface area contributed by atoms with Gasteiger partial charge in [-0.1, -0.05) is 6.92 Å². The average molecular weight is 279 g/mol. The molecule has 0 aliphatic carbocycles. The van der Waals surface area contributed by atoms with E-state index in [1.54, 1.807) is 6.92 Å². The van der Waals surface area contributed by atoms with E-state index in [1.807, 2.05) is 6.92 Å². The topological polar surface area (TPSA) is 57.6 Å². The van der Waals surface area contributed by atoms with Crippen LogP contribution in [0.3, 0.4) is 0 Å². The number of carboxylic acids is 1. The zero-order valence-corrected chi connectivity index (χ0v) is 11.6. The third kappa shape index (κ3) is 2.81. The molecule has 1 fully saturated rings. The molecular weight excluding hydrogens is 261 g/mol. The largest absolute Gasteiger partial charge is 0.480 e. The van der Waals surface area contributed by atoms with Gasteiger partial charge in [-0.3, -0.25) is 4.79 Å². The van der Waals surface area contributed by atoms with E-state index in [1.165, 1.54) is 23.1 Å². The number of hydrogen-bond acceptors (Lipinski definition) is 2. The standard InChI is InChI=1S/C15H18FNO3/c1-9-5-6-17(13(7-9)15(19)20)14(18)11-3-4-12(16)10(2)8-11/h3-4,8-9,13H,5-7H2,1-2H3,(H,19,20). The predicted molar refractivity (Wildman–Crippen MR) is 72.0 cm³/mol. The highest BCUT2D eigenvalue weighted by molar-refractivity contribution is 5.96. The molecule has 20 heavy (non-hydrogen) atoms. The normalized spacial score (nSPS) is 22.6. The predicted octanol–water partition coefficient (Wildman–Crippen LogP) is 2.46. The molecule has 1 N–H and O–H groups in total. The Balaban J connectivity index is 2.26. The van der Waals surface area contributed by atoms with Gasteiger partial charge in [0.2, 0.25) is 0 Å². The van der Waals surface area contributed by atoms with Crippen LogP contribution in [-0.4, -0.2) is 34.5 Å². The molecule has 0 saturated carbocycles. The van der Waals surface area contributed by atoms with Crippen molar-refractivity contribution in [3.63, 3.8) is 0 Å². The number of aryl methyl sites for hydroxylation is 1. The highest BCUT2D eigenvalue weighted by Gasteiger charge is 2.35. The van der Waals surface area contributed by atoms with Crippen molar-refractivity contribution in [2.75, 3.05) is 6.54 Å². The lowest BCUT2D eigenvalue weighted by molar-refractivity contribution is -0.144. The van der Waals surface area contributed by atoms with Crippen LogP contribution < -0.4 is 0 Å². The first kappa shape index (κ1) is 14.5. The van der Waals surface area contributed by atoms with Crippen molar-refractivity contribution in [3.8, 4) is 0 Å². The van der Waals surface area contributed by atoms with Crippen molar-refractivity contribution in [2.45, 2.75) is 32.7 Å². The first-order valence-electron chi connectivity index (χ1n) is 6.70. The van der Waals surface area contributed by atoms with Crippen LogP contribution in [0.4, 0.5) is 4.39 Å². The highest BCUT2D eigenvalue weighted by atomic mass is 19.1. The maximum absolute atomic E-state index is 13.2. The number of benzene rings is 1. The first-order valence-corrected chi connectivity index (χ1v) is 6.70. The molecule has 0 aromatic heterocycles. The van der Waals surface area contributed by atoms with Gasteiger partial charge in [0, 0.05) is 12.1 Å². The molecule has 1 aliphatic heterocycles. The summed E-state index contributed by atoms with van der Waals surface area (Å²) < 4.78 is 13.2. The Morgan fingerprint density at radius 2 is 2.10 bits per heavy atom. The second-order valence-electron chi connectivity index (χ2n) is 5.45. The third-order valence-electron chi connectivity index (χ3n) is 3.82. The van der Waals surface area contributed by atoms with E-state index in [2.05, 4.69) is 0 Å². The zero-order chi connectivity index (χ0) is 14.9. The van der Waals surface area contributed by atoms with Crippen LogP contribution in [0.15, 0.2) is 18.2 Å². The van der Waals surface area contributed by atoms with Crippen molar-refractivity contribution in [1.29, 1.82) is 0 Å². The molecular formula is C15H18FNO3. The van der Waals surface area contributed by atoms with Gasteiger partial charge < -0.3 is 10.0 Å². The lowest BCUT2D eigenvalue weighted by Gasteiger charge is -2.36. The van der Waals surface area contributed by atoms with Crippen LogP contribution >= 0.6 is 0 Å². The Morgan fingerprint density at radius 3 is 2.70 bits per heavy atom. The summed E-state index contributed by atoms with van der Waals surface area (Å²) in [5, 5.41) is 9.27. The van der Waals surface area contributed by atoms with E-state index in [0.29, 0.717) is 24.1 Å². The smallest absolute Gasteiger partial charge is 0.326 e. The number of carbonyl (C=O) groups is 2. The maximum atomic E-state index is 13.2. The third-order valence-corrected chi connectivity index (χ3v) is 3.82. The quantitative estimate of drug-likeness (QED) is 0.904. The molecule has 1 heterocycles. The van der Waals surface area contributed by atoms with Crippen LogP contribution in [-0.2, 0) is 4.79 Å². The van der Waals surface area contributed by atoms with E-state index in [9.17, 15) is 19.1 Å². The minimum absolute atomic E-state index is 0.287. The second kappa shape index (κ2) is 5.61. The van der Waals surface area contributed by atoms with Crippen molar-refractivity contribution in [2.24, 2.45) is 5.92 Å².